The number of imidazole rings is 1. The van der Waals surface area contributed by atoms with E-state index in [1.54, 1.807) is 18.2 Å². The van der Waals surface area contributed by atoms with Crippen molar-refractivity contribution in [3.05, 3.63) is 41.2 Å². The molecular weight excluding hydrogens is 474 g/mol. The quantitative estimate of drug-likeness (QED) is 0.389. The van der Waals surface area contributed by atoms with E-state index in [4.69, 9.17) is 14.8 Å². The Morgan fingerprint density at radius 1 is 1.12 bits per heavy atom. The van der Waals surface area contributed by atoms with Crippen molar-refractivity contribution in [2.24, 2.45) is 0 Å². The molecule has 2 aromatic heterocycles. The number of hydrogen-bond acceptors (Lipinski definition) is 9. The highest BCUT2D eigenvalue weighted by atomic mass is 32.2. The summed E-state index contributed by atoms with van der Waals surface area (Å²) in [7, 11) is -4.90. The summed E-state index contributed by atoms with van der Waals surface area (Å²) in [5.74, 6) is -1.81. The molecule has 0 saturated heterocycles. The number of fused-ring (bicyclic) bond motifs is 1. The standard InChI is InChI=1S/C17H19F3N5O5PS/c1-29-31(26,30-2)9-11-6-4-5-10(7-11)8-25-14-12(22-15(25)17(18,19)20)13(21)23-16(24-14)32(3,27)28/h4-7H,8-9H2,1-3H3,(H2,21,23,24). The fourth-order valence-corrected chi connectivity index (χ4v) is 4.54. The molecule has 0 fully saturated rings. The van der Waals surface area contributed by atoms with Gasteiger partial charge in [0.15, 0.2) is 17.0 Å². The minimum Gasteiger partial charge on any atom is -0.382 e. The predicted molar refractivity (Wildman–Crippen MR) is 109 cm³/mol. The van der Waals surface area contributed by atoms with Crippen LogP contribution >= 0.6 is 7.60 Å². The topological polar surface area (TPSA) is 139 Å². The number of anilines is 1. The molecule has 174 valence electrons. The molecule has 0 aliphatic heterocycles. The molecule has 10 nitrogen and oxygen atoms in total. The molecule has 2 heterocycles. The van der Waals surface area contributed by atoms with Crippen LogP contribution in [0.1, 0.15) is 17.0 Å². The van der Waals surface area contributed by atoms with Gasteiger partial charge in [0.05, 0.1) is 12.7 Å². The van der Waals surface area contributed by atoms with Crippen LogP contribution in [0.3, 0.4) is 0 Å². The van der Waals surface area contributed by atoms with Gasteiger partial charge in [-0.2, -0.15) is 23.1 Å². The molecule has 0 bridgehead atoms. The smallest absolute Gasteiger partial charge is 0.382 e. The van der Waals surface area contributed by atoms with Crippen molar-refractivity contribution in [2.75, 3.05) is 26.2 Å². The van der Waals surface area contributed by atoms with Crippen LogP contribution in [0.15, 0.2) is 29.4 Å². The van der Waals surface area contributed by atoms with Gasteiger partial charge in [0, 0.05) is 20.5 Å². The van der Waals surface area contributed by atoms with Crippen LogP contribution in [-0.4, -0.2) is 48.4 Å². The van der Waals surface area contributed by atoms with Crippen molar-refractivity contribution in [1.82, 2.24) is 19.5 Å². The second-order valence-electron chi connectivity index (χ2n) is 6.81. The van der Waals surface area contributed by atoms with Gasteiger partial charge in [0.1, 0.15) is 0 Å². The summed E-state index contributed by atoms with van der Waals surface area (Å²) in [5, 5.41) is -0.716. The van der Waals surface area contributed by atoms with Gasteiger partial charge < -0.3 is 19.3 Å². The molecule has 1 aromatic carbocycles. The molecule has 32 heavy (non-hydrogen) atoms. The highest BCUT2D eigenvalue weighted by molar-refractivity contribution is 7.90. The number of nitrogens with zero attached hydrogens (tertiary/aromatic N) is 4. The maximum absolute atomic E-state index is 13.7. The third-order valence-electron chi connectivity index (χ3n) is 4.45. The number of alkyl halides is 3. The van der Waals surface area contributed by atoms with Crippen molar-refractivity contribution in [2.45, 2.75) is 24.0 Å². The lowest BCUT2D eigenvalue weighted by Crippen LogP contribution is -2.16. The van der Waals surface area contributed by atoms with Gasteiger partial charge >= 0.3 is 13.8 Å². The number of aromatic nitrogens is 4. The normalized spacial score (nSPS) is 13.1. The zero-order chi connectivity index (χ0) is 23.9. The Morgan fingerprint density at radius 2 is 1.75 bits per heavy atom. The summed E-state index contributed by atoms with van der Waals surface area (Å²) in [6, 6.07) is 6.26. The lowest BCUT2D eigenvalue weighted by Gasteiger charge is -2.15. The highest BCUT2D eigenvalue weighted by Crippen LogP contribution is 2.49. The Balaban J connectivity index is 2.15. The van der Waals surface area contributed by atoms with E-state index in [1.807, 2.05) is 0 Å². The second-order valence-corrected chi connectivity index (χ2v) is 11.0. The van der Waals surface area contributed by atoms with E-state index in [0.29, 0.717) is 15.7 Å². The van der Waals surface area contributed by atoms with Crippen LogP contribution in [0.4, 0.5) is 19.0 Å². The summed E-state index contributed by atoms with van der Waals surface area (Å²) in [5.41, 5.74) is 5.81. The average Bonchev–Trinajstić information content (AvgIpc) is 3.07. The Morgan fingerprint density at radius 3 is 2.31 bits per heavy atom. The third kappa shape index (κ3) is 4.93. The van der Waals surface area contributed by atoms with Crippen molar-refractivity contribution in [3.63, 3.8) is 0 Å². The number of nitrogens with two attached hydrogens (primary N) is 1. The molecule has 15 heteroatoms. The fourth-order valence-electron chi connectivity index (χ4n) is 2.97. The van der Waals surface area contributed by atoms with Crippen LogP contribution in [0.5, 0.6) is 0 Å². The SMILES string of the molecule is COP(=O)(Cc1cccc(Cn2c(C(F)(F)F)nc3c(N)nc(S(C)(=O)=O)nc32)c1)OC. The van der Waals surface area contributed by atoms with Crippen LogP contribution < -0.4 is 5.73 Å². The van der Waals surface area contributed by atoms with Crippen molar-refractivity contribution < 1.29 is 35.2 Å². The molecule has 2 N–H and O–H groups in total. The molecule has 0 saturated carbocycles. The van der Waals surface area contributed by atoms with Crippen molar-refractivity contribution >= 4 is 34.4 Å². The Labute approximate surface area is 181 Å². The van der Waals surface area contributed by atoms with Crippen LogP contribution in [0.25, 0.3) is 11.2 Å². The molecule has 3 aromatic rings. The molecule has 3 rings (SSSR count). The number of sulfone groups is 1. The molecule has 0 spiro atoms. The van der Waals surface area contributed by atoms with Gasteiger partial charge in [-0.15, -0.1) is 0 Å². The molecule has 0 aliphatic carbocycles. The lowest BCUT2D eigenvalue weighted by atomic mass is 10.1. The highest BCUT2D eigenvalue weighted by Gasteiger charge is 2.39. The van der Waals surface area contributed by atoms with Gasteiger partial charge in [0.2, 0.25) is 15.7 Å². The first-order chi connectivity index (χ1) is 14.8. The van der Waals surface area contributed by atoms with E-state index in [9.17, 15) is 26.2 Å². The van der Waals surface area contributed by atoms with E-state index in [0.717, 1.165) is 6.26 Å². The van der Waals surface area contributed by atoms with Gasteiger partial charge in [-0.3, -0.25) is 4.57 Å². The Hall–Kier alpha value is -2.54. The van der Waals surface area contributed by atoms with Crippen LogP contribution in [0.2, 0.25) is 0 Å². The van der Waals surface area contributed by atoms with Gasteiger partial charge in [-0.1, -0.05) is 24.3 Å². The fraction of sp³-hybridized carbons (Fsp3) is 0.353. The number of halogens is 3. The number of hydrogen-bond donors (Lipinski definition) is 1. The molecule has 0 amide bonds. The summed E-state index contributed by atoms with van der Waals surface area (Å²) in [6.07, 6.45) is -4.16. The minimum atomic E-state index is -4.88. The second kappa shape index (κ2) is 8.43. The maximum atomic E-state index is 13.7. The summed E-state index contributed by atoms with van der Waals surface area (Å²) < 4.78 is 87.7. The van der Waals surface area contributed by atoms with Gasteiger partial charge in [-0.05, 0) is 11.1 Å². The average molecular weight is 493 g/mol. The lowest BCUT2D eigenvalue weighted by molar-refractivity contribution is -0.146. The van der Waals surface area contributed by atoms with Crippen molar-refractivity contribution in [3.8, 4) is 0 Å². The predicted octanol–water partition coefficient (Wildman–Crippen LogP) is 2.87. The number of benzene rings is 1. The summed E-state index contributed by atoms with van der Waals surface area (Å²) in [6.45, 7) is -0.372. The van der Waals surface area contributed by atoms with E-state index >= 15 is 0 Å². The Kier molecular flexibility index (Phi) is 6.35. The largest absolute Gasteiger partial charge is 0.449 e. The monoisotopic (exact) mass is 493 g/mol. The van der Waals surface area contributed by atoms with E-state index < -0.39 is 40.4 Å². The first-order valence-electron chi connectivity index (χ1n) is 8.87. The van der Waals surface area contributed by atoms with E-state index in [2.05, 4.69) is 15.0 Å². The molecule has 0 unspecified atom stereocenters. The zero-order valence-electron chi connectivity index (χ0n) is 17.1. The summed E-state index contributed by atoms with van der Waals surface area (Å²) >= 11 is 0. The van der Waals surface area contributed by atoms with Crippen LogP contribution in [-0.2, 0) is 42.3 Å². The maximum Gasteiger partial charge on any atom is 0.449 e. The zero-order valence-corrected chi connectivity index (χ0v) is 18.8. The summed E-state index contributed by atoms with van der Waals surface area (Å²) in [4.78, 5) is 10.9. The number of rotatable bonds is 7. The van der Waals surface area contributed by atoms with Crippen molar-refractivity contribution in [1.29, 1.82) is 0 Å². The molecule has 0 aliphatic rings. The molecule has 0 radical (unpaired) electrons. The van der Waals surface area contributed by atoms with Gasteiger partial charge in [-0.25, -0.2) is 13.4 Å². The van der Waals surface area contributed by atoms with Crippen LogP contribution in [0, 0.1) is 0 Å². The molecule has 0 atom stereocenters. The third-order valence-corrected chi connectivity index (χ3v) is 7.16. The number of nitrogen functional groups attached to an aromatic ring is 1. The Bertz CT molecular complexity index is 1320. The first kappa shape index (κ1) is 24.1. The van der Waals surface area contributed by atoms with E-state index in [-0.39, 0.29) is 23.9 Å². The first-order valence-corrected chi connectivity index (χ1v) is 12.5. The minimum absolute atomic E-state index is 0.0992. The molecular formula is C17H19F3N5O5PS. The van der Waals surface area contributed by atoms with E-state index in [1.165, 1.54) is 20.3 Å². The van der Waals surface area contributed by atoms with Gasteiger partial charge in [0.25, 0.3) is 5.16 Å².